The SMILES string of the molecule is CCCCc1nn(C)cc1C(=O)OCC. The highest BCUT2D eigenvalue weighted by Crippen LogP contribution is 2.11. The minimum absolute atomic E-state index is 0.267. The molecule has 84 valence electrons. The molecule has 1 aromatic rings. The number of nitrogens with zero attached hydrogens (tertiary/aromatic N) is 2. The molecule has 0 saturated carbocycles. The van der Waals surface area contributed by atoms with E-state index in [1.807, 2.05) is 7.05 Å². The van der Waals surface area contributed by atoms with Gasteiger partial charge in [0.1, 0.15) is 5.56 Å². The van der Waals surface area contributed by atoms with Crippen molar-refractivity contribution in [1.82, 2.24) is 9.78 Å². The molecule has 0 aliphatic rings. The number of hydrogen-bond donors (Lipinski definition) is 0. The third kappa shape index (κ3) is 3.08. The number of aromatic nitrogens is 2. The van der Waals surface area contributed by atoms with E-state index in [-0.39, 0.29) is 5.97 Å². The molecule has 1 heterocycles. The van der Waals surface area contributed by atoms with Crippen LogP contribution < -0.4 is 0 Å². The van der Waals surface area contributed by atoms with Crippen LogP contribution in [0.1, 0.15) is 42.7 Å². The predicted molar refractivity (Wildman–Crippen MR) is 57.8 cm³/mol. The molecule has 0 radical (unpaired) electrons. The molecule has 0 saturated heterocycles. The summed E-state index contributed by atoms with van der Waals surface area (Å²) in [7, 11) is 1.82. The van der Waals surface area contributed by atoms with Gasteiger partial charge in [0.2, 0.25) is 0 Å². The smallest absolute Gasteiger partial charge is 0.341 e. The minimum atomic E-state index is -0.267. The Labute approximate surface area is 90.2 Å². The number of hydrogen-bond acceptors (Lipinski definition) is 3. The van der Waals surface area contributed by atoms with Crippen molar-refractivity contribution in [1.29, 1.82) is 0 Å². The summed E-state index contributed by atoms with van der Waals surface area (Å²) in [6.07, 6.45) is 4.71. The number of rotatable bonds is 5. The highest BCUT2D eigenvalue weighted by Gasteiger charge is 2.15. The fraction of sp³-hybridized carbons (Fsp3) is 0.636. The summed E-state index contributed by atoms with van der Waals surface area (Å²) >= 11 is 0. The quantitative estimate of drug-likeness (QED) is 0.697. The van der Waals surface area contributed by atoms with Crippen LogP contribution >= 0.6 is 0 Å². The zero-order valence-corrected chi connectivity index (χ0v) is 9.62. The third-order valence-electron chi connectivity index (χ3n) is 2.17. The van der Waals surface area contributed by atoms with E-state index in [2.05, 4.69) is 12.0 Å². The van der Waals surface area contributed by atoms with Gasteiger partial charge in [-0.25, -0.2) is 4.79 Å². The van der Waals surface area contributed by atoms with Gasteiger partial charge in [-0.1, -0.05) is 13.3 Å². The monoisotopic (exact) mass is 210 g/mol. The maximum atomic E-state index is 11.6. The highest BCUT2D eigenvalue weighted by atomic mass is 16.5. The topological polar surface area (TPSA) is 44.1 Å². The van der Waals surface area contributed by atoms with Crippen LogP contribution in [-0.4, -0.2) is 22.4 Å². The Kier molecular flexibility index (Phi) is 4.34. The summed E-state index contributed by atoms with van der Waals surface area (Å²) in [5.74, 6) is -0.267. The number of ether oxygens (including phenoxy) is 1. The first-order valence-corrected chi connectivity index (χ1v) is 5.38. The van der Waals surface area contributed by atoms with Crippen molar-refractivity contribution in [3.63, 3.8) is 0 Å². The molecule has 1 aromatic heterocycles. The number of carbonyl (C=O) groups excluding carboxylic acids is 1. The summed E-state index contributed by atoms with van der Waals surface area (Å²) < 4.78 is 6.63. The van der Waals surface area contributed by atoms with Crippen LogP contribution in [0.2, 0.25) is 0 Å². The zero-order chi connectivity index (χ0) is 11.3. The second-order valence-electron chi connectivity index (χ2n) is 3.49. The van der Waals surface area contributed by atoms with Crippen LogP contribution in [0.4, 0.5) is 0 Å². The fourth-order valence-corrected chi connectivity index (χ4v) is 1.44. The van der Waals surface area contributed by atoms with Crippen LogP contribution in [0.15, 0.2) is 6.20 Å². The van der Waals surface area contributed by atoms with Gasteiger partial charge >= 0.3 is 5.97 Å². The lowest BCUT2D eigenvalue weighted by atomic mass is 10.1. The zero-order valence-electron chi connectivity index (χ0n) is 9.62. The largest absolute Gasteiger partial charge is 0.462 e. The normalized spacial score (nSPS) is 10.3. The molecule has 0 bridgehead atoms. The maximum absolute atomic E-state index is 11.6. The molecule has 1 rings (SSSR count). The van der Waals surface area contributed by atoms with E-state index < -0.39 is 0 Å². The molecule has 0 N–H and O–H groups in total. The first-order valence-electron chi connectivity index (χ1n) is 5.38. The predicted octanol–water partition coefficient (Wildman–Crippen LogP) is 1.94. The summed E-state index contributed by atoms with van der Waals surface area (Å²) in [4.78, 5) is 11.6. The van der Waals surface area contributed by atoms with E-state index in [0.717, 1.165) is 25.0 Å². The van der Waals surface area contributed by atoms with Crippen molar-refractivity contribution in [2.24, 2.45) is 7.05 Å². The molecule has 0 aliphatic heterocycles. The van der Waals surface area contributed by atoms with E-state index in [9.17, 15) is 4.79 Å². The molecule has 0 aromatic carbocycles. The van der Waals surface area contributed by atoms with Gasteiger partial charge in [0.15, 0.2) is 0 Å². The van der Waals surface area contributed by atoms with Crippen LogP contribution in [-0.2, 0) is 18.2 Å². The molecule has 0 unspecified atom stereocenters. The standard InChI is InChI=1S/C11H18N2O2/c1-4-6-7-10-9(8-13(3)12-10)11(14)15-5-2/h8H,4-7H2,1-3H3. The number of esters is 1. The van der Waals surface area contributed by atoms with Gasteiger partial charge in [0.25, 0.3) is 0 Å². The Balaban J connectivity index is 2.80. The summed E-state index contributed by atoms with van der Waals surface area (Å²) in [6.45, 7) is 4.33. The van der Waals surface area contributed by atoms with Crippen molar-refractivity contribution in [2.45, 2.75) is 33.1 Å². The van der Waals surface area contributed by atoms with Crippen molar-refractivity contribution >= 4 is 5.97 Å². The lowest BCUT2D eigenvalue weighted by Gasteiger charge is -2.01. The Morgan fingerprint density at radius 2 is 2.27 bits per heavy atom. The number of carbonyl (C=O) groups is 1. The second-order valence-corrected chi connectivity index (χ2v) is 3.49. The maximum Gasteiger partial charge on any atom is 0.341 e. The number of unbranched alkanes of at least 4 members (excludes halogenated alkanes) is 1. The molecule has 4 heteroatoms. The van der Waals surface area contributed by atoms with E-state index in [4.69, 9.17) is 4.74 Å². The van der Waals surface area contributed by atoms with Gasteiger partial charge in [-0.2, -0.15) is 5.10 Å². The molecule has 4 nitrogen and oxygen atoms in total. The fourth-order valence-electron chi connectivity index (χ4n) is 1.44. The Bertz CT molecular complexity index is 331. The molecule has 0 spiro atoms. The summed E-state index contributed by atoms with van der Waals surface area (Å²) in [5, 5.41) is 4.27. The molecular formula is C11H18N2O2. The van der Waals surface area contributed by atoms with Crippen LogP contribution in [0.25, 0.3) is 0 Å². The average Bonchev–Trinajstić information content (AvgIpc) is 2.57. The van der Waals surface area contributed by atoms with Crippen molar-refractivity contribution in [2.75, 3.05) is 6.61 Å². The average molecular weight is 210 g/mol. The highest BCUT2D eigenvalue weighted by molar-refractivity contribution is 5.90. The van der Waals surface area contributed by atoms with Gasteiger partial charge in [-0.15, -0.1) is 0 Å². The van der Waals surface area contributed by atoms with E-state index in [0.29, 0.717) is 12.2 Å². The molecular weight excluding hydrogens is 192 g/mol. The Morgan fingerprint density at radius 3 is 2.87 bits per heavy atom. The minimum Gasteiger partial charge on any atom is -0.462 e. The van der Waals surface area contributed by atoms with Gasteiger partial charge < -0.3 is 4.74 Å². The molecule has 0 amide bonds. The van der Waals surface area contributed by atoms with Gasteiger partial charge in [0.05, 0.1) is 12.3 Å². The van der Waals surface area contributed by atoms with Crippen molar-refractivity contribution in [3.05, 3.63) is 17.5 Å². The van der Waals surface area contributed by atoms with Gasteiger partial charge in [-0.05, 0) is 19.8 Å². The Hall–Kier alpha value is -1.32. The van der Waals surface area contributed by atoms with Crippen LogP contribution in [0.5, 0.6) is 0 Å². The second kappa shape index (κ2) is 5.53. The molecule has 0 aliphatic carbocycles. The summed E-state index contributed by atoms with van der Waals surface area (Å²) in [5.41, 5.74) is 1.45. The molecule has 0 atom stereocenters. The first kappa shape index (κ1) is 11.8. The van der Waals surface area contributed by atoms with Crippen molar-refractivity contribution in [3.8, 4) is 0 Å². The van der Waals surface area contributed by atoms with E-state index in [1.165, 1.54) is 0 Å². The van der Waals surface area contributed by atoms with Crippen LogP contribution in [0, 0.1) is 0 Å². The number of aryl methyl sites for hydroxylation is 2. The van der Waals surface area contributed by atoms with E-state index in [1.54, 1.807) is 17.8 Å². The molecule has 0 fully saturated rings. The van der Waals surface area contributed by atoms with Gasteiger partial charge in [-0.3, -0.25) is 4.68 Å². The first-order chi connectivity index (χ1) is 7.19. The lowest BCUT2D eigenvalue weighted by molar-refractivity contribution is 0.0525. The van der Waals surface area contributed by atoms with Gasteiger partial charge in [0, 0.05) is 13.2 Å². The van der Waals surface area contributed by atoms with E-state index >= 15 is 0 Å². The van der Waals surface area contributed by atoms with Crippen molar-refractivity contribution < 1.29 is 9.53 Å². The Morgan fingerprint density at radius 1 is 1.53 bits per heavy atom. The van der Waals surface area contributed by atoms with Crippen LogP contribution in [0.3, 0.4) is 0 Å². The summed E-state index contributed by atoms with van der Waals surface area (Å²) in [6, 6.07) is 0. The molecule has 15 heavy (non-hydrogen) atoms. The lowest BCUT2D eigenvalue weighted by Crippen LogP contribution is -2.06. The third-order valence-corrected chi connectivity index (χ3v) is 2.17.